The van der Waals surface area contributed by atoms with Crippen LogP contribution in [0.25, 0.3) is 0 Å². The molecule has 23 heteroatoms. The standard InChI is InChI=1S/C36H62O23/c1-12(2)27-15(5)28(25(47)21(54-27)11-53-35(33(49)50)6-16(40)13(3)29(57-35)22(44)18(42)8-37)56-32-26(48)31(24(46)20(10-39)55-32)59-36(34(51)52)7-17(41)14(4)30(58-36)23(45)19(43)9-38/h12-32,37-48H,6-11H2,1-5H3,(H,49,50)(H,51,52)/t13-,14-,15-,16-,17-,18-,19-,20?,21?,22-,23-,24+,25?,26?,27?,28-,29?,30?,31+,32+,35-,36+/m1/s1. The van der Waals surface area contributed by atoms with Crippen LogP contribution in [-0.2, 0) is 42.7 Å². The minimum absolute atomic E-state index is 0.312. The van der Waals surface area contributed by atoms with Gasteiger partial charge in [0.1, 0.15) is 61.0 Å². The molecule has 0 spiro atoms. The smallest absolute Gasteiger partial charge is 0.364 e. The van der Waals surface area contributed by atoms with Crippen LogP contribution in [0.1, 0.15) is 47.5 Å². The first-order chi connectivity index (χ1) is 27.5. The second-order valence-electron chi connectivity index (χ2n) is 16.5. The summed E-state index contributed by atoms with van der Waals surface area (Å²) >= 11 is 0. The summed E-state index contributed by atoms with van der Waals surface area (Å²) in [7, 11) is 0. The summed E-state index contributed by atoms with van der Waals surface area (Å²) in [5.74, 6) is -12.2. The summed E-state index contributed by atoms with van der Waals surface area (Å²) in [6.45, 7) is 4.37. The van der Waals surface area contributed by atoms with Crippen molar-refractivity contribution in [1.29, 1.82) is 0 Å². The van der Waals surface area contributed by atoms with Crippen LogP contribution in [0.5, 0.6) is 0 Å². The summed E-state index contributed by atoms with van der Waals surface area (Å²) in [4.78, 5) is 25.4. The number of carboxylic acids is 2. The maximum absolute atomic E-state index is 12.8. The monoisotopic (exact) mass is 862 g/mol. The lowest BCUT2D eigenvalue weighted by Crippen LogP contribution is -2.68. The van der Waals surface area contributed by atoms with Crippen molar-refractivity contribution >= 4 is 11.9 Å². The molecule has 0 saturated carbocycles. The first kappa shape index (κ1) is 49.8. The van der Waals surface area contributed by atoms with Crippen LogP contribution in [0.15, 0.2) is 0 Å². The average molecular weight is 863 g/mol. The zero-order chi connectivity index (χ0) is 44.5. The minimum Gasteiger partial charge on any atom is -0.477 e. The largest absolute Gasteiger partial charge is 0.477 e. The first-order valence-corrected chi connectivity index (χ1v) is 19.6. The molecule has 59 heavy (non-hydrogen) atoms. The van der Waals surface area contributed by atoms with Crippen LogP contribution in [0.3, 0.4) is 0 Å². The van der Waals surface area contributed by atoms with E-state index in [0.29, 0.717) is 0 Å². The second-order valence-corrected chi connectivity index (χ2v) is 16.5. The number of aliphatic carboxylic acids is 2. The number of aliphatic hydroxyl groups is 12. The Labute approximate surface area is 339 Å². The van der Waals surface area contributed by atoms with Crippen molar-refractivity contribution in [2.75, 3.05) is 26.4 Å². The summed E-state index contributed by atoms with van der Waals surface area (Å²) in [6.07, 6.45) is -30.1. The zero-order valence-corrected chi connectivity index (χ0v) is 33.3. The molecule has 0 amide bonds. The van der Waals surface area contributed by atoms with Crippen LogP contribution in [-0.4, -0.2) is 225 Å². The van der Waals surface area contributed by atoms with E-state index < -0.39 is 184 Å². The highest BCUT2D eigenvalue weighted by Crippen LogP contribution is 2.42. The van der Waals surface area contributed by atoms with Crippen molar-refractivity contribution in [1.82, 2.24) is 0 Å². The van der Waals surface area contributed by atoms with Gasteiger partial charge in [-0.3, -0.25) is 0 Å². The number of ether oxygens (including phenoxy) is 7. The van der Waals surface area contributed by atoms with Gasteiger partial charge in [-0.2, -0.15) is 0 Å². The fraction of sp³-hybridized carbons (Fsp3) is 0.944. The van der Waals surface area contributed by atoms with E-state index in [9.17, 15) is 81.1 Å². The number of hydrogen-bond donors (Lipinski definition) is 14. The van der Waals surface area contributed by atoms with Crippen LogP contribution >= 0.6 is 0 Å². The van der Waals surface area contributed by atoms with Crippen molar-refractivity contribution < 1.29 is 114 Å². The molecule has 4 aliphatic heterocycles. The van der Waals surface area contributed by atoms with E-state index in [1.807, 2.05) is 0 Å². The summed E-state index contributed by atoms with van der Waals surface area (Å²) < 4.78 is 40.8. The van der Waals surface area contributed by atoms with E-state index in [0.717, 1.165) is 0 Å². The predicted molar refractivity (Wildman–Crippen MR) is 190 cm³/mol. The number of aliphatic hydroxyl groups excluding tert-OH is 12. The van der Waals surface area contributed by atoms with E-state index in [-0.39, 0.29) is 5.92 Å². The Kier molecular flexibility index (Phi) is 17.0. The second kappa shape index (κ2) is 20.1. The molecule has 22 atom stereocenters. The van der Waals surface area contributed by atoms with Crippen molar-refractivity contribution in [2.45, 2.75) is 163 Å². The number of rotatable bonds is 17. The van der Waals surface area contributed by atoms with E-state index >= 15 is 0 Å². The number of carbonyl (C=O) groups is 2. The van der Waals surface area contributed by atoms with Gasteiger partial charge in [-0.25, -0.2) is 9.59 Å². The topological polar surface area (TPSA) is 382 Å². The highest BCUT2D eigenvalue weighted by molar-refractivity contribution is 5.76. The van der Waals surface area contributed by atoms with Gasteiger partial charge in [0.2, 0.25) is 0 Å². The van der Waals surface area contributed by atoms with Gasteiger partial charge >= 0.3 is 11.9 Å². The lowest BCUT2D eigenvalue weighted by Gasteiger charge is -2.51. The molecule has 0 bridgehead atoms. The van der Waals surface area contributed by atoms with E-state index in [1.54, 1.807) is 20.8 Å². The molecular weight excluding hydrogens is 800 g/mol. The third-order valence-electron chi connectivity index (χ3n) is 12.0. The van der Waals surface area contributed by atoms with Gasteiger partial charge in [-0.05, 0) is 5.92 Å². The Balaban J connectivity index is 1.61. The van der Waals surface area contributed by atoms with E-state index in [4.69, 9.17) is 33.2 Å². The lowest BCUT2D eigenvalue weighted by atomic mass is 9.82. The molecule has 7 unspecified atom stereocenters. The van der Waals surface area contributed by atoms with Gasteiger partial charge in [0.05, 0.1) is 63.1 Å². The van der Waals surface area contributed by atoms with Crippen LogP contribution < -0.4 is 0 Å². The Bertz CT molecular complexity index is 1380. The molecule has 4 heterocycles. The minimum atomic E-state index is -2.91. The van der Waals surface area contributed by atoms with Gasteiger partial charge < -0.3 is 105 Å². The normalized spacial score (nSPS) is 45.4. The molecule has 0 aromatic heterocycles. The molecule has 0 aromatic rings. The summed E-state index contributed by atoms with van der Waals surface area (Å²) in [5.41, 5.74) is 0. The molecule has 4 fully saturated rings. The maximum atomic E-state index is 12.8. The highest BCUT2D eigenvalue weighted by atomic mass is 16.8. The molecule has 0 aromatic carbocycles. The molecular formula is C36H62O23. The SMILES string of the molecule is CC(C)C1OC(CO[C@]2(C(=O)O)C[C@@H](O)[C@@H](C)C([C@H](O)[C@H](O)CO)O2)C(O)[C@H](O[C@@H]2OC(CO)[C@H](O)[C@H](O[C@]3(C(=O)O)C[C@@H](O)[C@@H](C)C([C@H](O)[C@H](O)CO)O3)C2O)[C@@H]1C. The van der Waals surface area contributed by atoms with Gasteiger partial charge in [0.25, 0.3) is 11.6 Å². The fourth-order valence-electron chi connectivity index (χ4n) is 8.20. The molecule has 0 aliphatic carbocycles. The van der Waals surface area contributed by atoms with Gasteiger partial charge in [-0.15, -0.1) is 0 Å². The quantitative estimate of drug-likeness (QED) is 0.0647. The third kappa shape index (κ3) is 10.2. The average Bonchev–Trinajstić information content (AvgIpc) is 3.19. The number of carboxylic acid groups (broad SMARTS) is 2. The van der Waals surface area contributed by atoms with Crippen LogP contribution in [0.2, 0.25) is 0 Å². The molecule has 14 N–H and O–H groups in total. The van der Waals surface area contributed by atoms with Crippen molar-refractivity contribution in [3.8, 4) is 0 Å². The molecule has 4 rings (SSSR count). The summed E-state index contributed by atoms with van der Waals surface area (Å²) in [5, 5.41) is 147. The maximum Gasteiger partial charge on any atom is 0.364 e. The fourth-order valence-corrected chi connectivity index (χ4v) is 8.20. The molecule has 4 saturated heterocycles. The third-order valence-corrected chi connectivity index (χ3v) is 12.0. The van der Waals surface area contributed by atoms with Gasteiger partial charge in [0.15, 0.2) is 6.29 Å². The van der Waals surface area contributed by atoms with E-state index in [1.165, 1.54) is 13.8 Å². The van der Waals surface area contributed by atoms with Crippen LogP contribution in [0.4, 0.5) is 0 Å². The zero-order valence-electron chi connectivity index (χ0n) is 33.3. The highest BCUT2D eigenvalue weighted by Gasteiger charge is 2.60. The Morgan fingerprint density at radius 1 is 0.661 bits per heavy atom. The van der Waals surface area contributed by atoms with E-state index in [2.05, 4.69) is 0 Å². The van der Waals surface area contributed by atoms with Crippen molar-refractivity contribution in [3.05, 3.63) is 0 Å². The van der Waals surface area contributed by atoms with Crippen molar-refractivity contribution in [2.24, 2.45) is 23.7 Å². The number of hydrogen-bond acceptors (Lipinski definition) is 21. The molecule has 4 aliphatic rings. The Hall–Kier alpha value is -1.82. The van der Waals surface area contributed by atoms with Gasteiger partial charge in [0, 0.05) is 30.6 Å². The molecule has 0 radical (unpaired) electrons. The Morgan fingerprint density at radius 3 is 1.59 bits per heavy atom. The predicted octanol–water partition coefficient (Wildman–Crippen LogP) is -5.81. The Morgan fingerprint density at radius 2 is 1.14 bits per heavy atom. The first-order valence-electron chi connectivity index (χ1n) is 19.6. The van der Waals surface area contributed by atoms with Crippen LogP contribution in [0, 0.1) is 23.7 Å². The van der Waals surface area contributed by atoms with Crippen molar-refractivity contribution in [3.63, 3.8) is 0 Å². The molecule has 23 nitrogen and oxygen atoms in total. The molecule has 344 valence electrons. The summed E-state index contributed by atoms with van der Waals surface area (Å²) in [6, 6.07) is 0. The van der Waals surface area contributed by atoms with Gasteiger partial charge in [-0.1, -0.05) is 34.6 Å². The lowest BCUT2D eigenvalue weighted by molar-refractivity contribution is -0.383.